The molecule has 0 amide bonds. The number of hydrogen-bond donors (Lipinski definition) is 1. The van der Waals surface area contributed by atoms with Crippen molar-refractivity contribution >= 4 is 5.69 Å². The van der Waals surface area contributed by atoms with Gasteiger partial charge in [-0.1, -0.05) is 12.1 Å². The predicted octanol–water partition coefficient (Wildman–Crippen LogP) is 3.99. The molecule has 0 saturated heterocycles. The minimum atomic E-state index is -0.411. The molecule has 0 spiro atoms. The Balaban J connectivity index is 2.24. The van der Waals surface area contributed by atoms with Crippen molar-refractivity contribution in [1.82, 2.24) is 0 Å². The van der Waals surface area contributed by atoms with E-state index < -0.39 is 5.82 Å². The van der Waals surface area contributed by atoms with Crippen LogP contribution < -0.4 is 15.2 Å². The molecule has 4 heteroatoms. The second-order valence-electron chi connectivity index (χ2n) is 4.40. The SMILES string of the molecule is CC(C)Oc1cc(Oc2ccccc2F)ccc1N. The van der Waals surface area contributed by atoms with Crippen molar-refractivity contribution in [3.63, 3.8) is 0 Å². The molecule has 0 saturated carbocycles. The molecule has 0 heterocycles. The highest BCUT2D eigenvalue weighted by Gasteiger charge is 2.08. The quantitative estimate of drug-likeness (QED) is 0.846. The topological polar surface area (TPSA) is 44.5 Å². The fraction of sp³-hybridized carbons (Fsp3) is 0.200. The van der Waals surface area contributed by atoms with Gasteiger partial charge in [-0.2, -0.15) is 0 Å². The molecule has 2 rings (SSSR count). The predicted molar refractivity (Wildman–Crippen MR) is 73.1 cm³/mol. The molecular formula is C15H16FNO2. The first kappa shape index (κ1) is 13.2. The Morgan fingerprint density at radius 2 is 1.79 bits per heavy atom. The monoisotopic (exact) mass is 261 g/mol. The summed E-state index contributed by atoms with van der Waals surface area (Å²) in [6, 6.07) is 11.2. The third-order valence-electron chi connectivity index (χ3n) is 2.41. The van der Waals surface area contributed by atoms with Crippen LogP contribution >= 0.6 is 0 Å². The number of hydrogen-bond acceptors (Lipinski definition) is 3. The summed E-state index contributed by atoms with van der Waals surface area (Å²) in [6.07, 6.45) is 0.00557. The number of para-hydroxylation sites is 1. The molecule has 0 aromatic heterocycles. The Labute approximate surface area is 111 Å². The number of rotatable bonds is 4. The van der Waals surface area contributed by atoms with E-state index in [-0.39, 0.29) is 11.9 Å². The van der Waals surface area contributed by atoms with Gasteiger partial charge >= 0.3 is 0 Å². The third kappa shape index (κ3) is 3.37. The average Bonchev–Trinajstić information content (AvgIpc) is 2.35. The van der Waals surface area contributed by atoms with E-state index >= 15 is 0 Å². The van der Waals surface area contributed by atoms with Crippen LogP contribution in [0.15, 0.2) is 42.5 Å². The maximum Gasteiger partial charge on any atom is 0.165 e. The summed E-state index contributed by atoms with van der Waals surface area (Å²) in [7, 11) is 0. The molecule has 2 aromatic carbocycles. The van der Waals surface area contributed by atoms with Gasteiger partial charge in [-0.25, -0.2) is 4.39 Å². The molecule has 0 aliphatic rings. The standard InChI is InChI=1S/C15H16FNO2/c1-10(2)18-15-9-11(7-8-13(15)17)19-14-6-4-3-5-12(14)16/h3-10H,17H2,1-2H3. The maximum absolute atomic E-state index is 13.5. The zero-order chi connectivity index (χ0) is 13.8. The number of ether oxygens (including phenoxy) is 2. The fourth-order valence-electron chi connectivity index (χ4n) is 1.59. The summed E-state index contributed by atoms with van der Waals surface area (Å²) in [5, 5.41) is 0. The van der Waals surface area contributed by atoms with Gasteiger partial charge in [0.05, 0.1) is 11.8 Å². The van der Waals surface area contributed by atoms with Crippen molar-refractivity contribution in [1.29, 1.82) is 0 Å². The average molecular weight is 261 g/mol. The number of halogens is 1. The van der Waals surface area contributed by atoms with Crippen molar-refractivity contribution < 1.29 is 13.9 Å². The minimum Gasteiger partial charge on any atom is -0.489 e. The number of benzene rings is 2. The minimum absolute atomic E-state index is 0.00557. The molecule has 3 nitrogen and oxygen atoms in total. The Morgan fingerprint density at radius 1 is 1.05 bits per heavy atom. The Hall–Kier alpha value is -2.23. The molecule has 0 unspecified atom stereocenters. The van der Waals surface area contributed by atoms with Gasteiger partial charge in [0, 0.05) is 6.07 Å². The molecule has 2 N–H and O–H groups in total. The zero-order valence-corrected chi connectivity index (χ0v) is 10.9. The first-order valence-electron chi connectivity index (χ1n) is 6.05. The highest BCUT2D eigenvalue weighted by Crippen LogP contribution is 2.31. The van der Waals surface area contributed by atoms with Crippen LogP contribution in [0.3, 0.4) is 0 Å². The number of nitrogens with two attached hydrogens (primary N) is 1. The van der Waals surface area contributed by atoms with E-state index in [1.54, 1.807) is 36.4 Å². The van der Waals surface area contributed by atoms with Gasteiger partial charge in [-0.15, -0.1) is 0 Å². The van der Waals surface area contributed by atoms with Gasteiger partial charge in [0.15, 0.2) is 11.6 Å². The second-order valence-corrected chi connectivity index (χ2v) is 4.40. The maximum atomic E-state index is 13.5. The van der Waals surface area contributed by atoms with Crippen LogP contribution in [0.1, 0.15) is 13.8 Å². The highest BCUT2D eigenvalue weighted by atomic mass is 19.1. The Kier molecular flexibility index (Phi) is 3.90. The molecule has 0 fully saturated rings. The normalized spacial score (nSPS) is 10.5. The Bertz CT molecular complexity index is 570. The summed E-state index contributed by atoms with van der Waals surface area (Å²) < 4.78 is 24.5. The Morgan fingerprint density at radius 3 is 2.47 bits per heavy atom. The van der Waals surface area contributed by atoms with Crippen LogP contribution in [0.4, 0.5) is 10.1 Å². The molecule has 100 valence electrons. The van der Waals surface area contributed by atoms with Crippen LogP contribution in [-0.4, -0.2) is 6.10 Å². The number of nitrogen functional groups attached to an aromatic ring is 1. The lowest BCUT2D eigenvalue weighted by molar-refractivity contribution is 0.243. The molecule has 0 atom stereocenters. The molecule has 19 heavy (non-hydrogen) atoms. The first-order chi connectivity index (χ1) is 9.06. The molecule has 0 radical (unpaired) electrons. The van der Waals surface area contributed by atoms with Crippen LogP contribution in [0.2, 0.25) is 0 Å². The van der Waals surface area contributed by atoms with Crippen molar-refractivity contribution in [2.45, 2.75) is 20.0 Å². The van der Waals surface area contributed by atoms with Gasteiger partial charge in [0.1, 0.15) is 11.5 Å². The van der Waals surface area contributed by atoms with E-state index in [2.05, 4.69) is 0 Å². The highest BCUT2D eigenvalue weighted by molar-refractivity contribution is 5.56. The fourth-order valence-corrected chi connectivity index (χ4v) is 1.59. The lowest BCUT2D eigenvalue weighted by atomic mass is 10.2. The molecule has 0 bridgehead atoms. The van der Waals surface area contributed by atoms with E-state index in [1.807, 2.05) is 13.8 Å². The van der Waals surface area contributed by atoms with E-state index in [0.29, 0.717) is 17.2 Å². The third-order valence-corrected chi connectivity index (χ3v) is 2.41. The first-order valence-corrected chi connectivity index (χ1v) is 6.05. The summed E-state index contributed by atoms with van der Waals surface area (Å²) in [5.41, 5.74) is 6.33. The van der Waals surface area contributed by atoms with Crippen LogP contribution in [-0.2, 0) is 0 Å². The largest absolute Gasteiger partial charge is 0.489 e. The summed E-state index contributed by atoms with van der Waals surface area (Å²) >= 11 is 0. The van der Waals surface area contributed by atoms with E-state index in [4.69, 9.17) is 15.2 Å². The van der Waals surface area contributed by atoms with Gasteiger partial charge < -0.3 is 15.2 Å². The van der Waals surface area contributed by atoms with Gasteiger partial charge in [0.2, 0.25) is 0 Å². The molecule has 2 aromatic rings. The van der Waals surface area contributed by atoms with Gasteiger partial charge in [0.25, 0.3) is 0 Å². The summed E-state index contributed by atoms with van der Waals surface area (Å²) in [5.74, 6) is 0.771. The van der Waals surface area contributed by atoms with E-state index in [0.717, 1.165) is 0 Å². The van der Waals surface area contributed by atoms with Crippen LogP contribution in [0.5, 0.6) is 17.2 Å². The lowest BCUT2D eigenvalue weighted by Crippen LogP contribution is -2.07. The molecule has 0 aliphatic heterocycles. The van der Waals surface area contributed by atoms with Crippen LogP contribution in [0, 0.1) is 5.82 Å². The van der Waals surface area contributed by atoms with Crippen molar-refractivity contribution in [3.05, 3.63) is 48.3 Å². The lowest BCUT2D eigenvalue weighted by Gasteiger charge is -2.14. The van der Waals surface area contributed by atoms with Gasteiger partial charge in [-0.05, 0) is 38.1 Å². The van der Waals surface area contributed by atoms with E-state index in [9.17, 15) is 4.39 Å². The summed E-state index contributed by atoms with van der Waals surface area (Å²) in [4.78, 5) is 0. The van der Waals surface area contributed by atoms with E-state index in [1.165, 1.54) is 6.07 Å². The van der Waals surface area contributed by atoms with Crippen molar-refractivity contribution in [3.8, 4) is 17.2 Å². The summed E-state index contributed by atoms with van der Waals surface area (Å²) in [6.45, 7) is 3.81. The molecule has 0 aliphatic carbocycles. The second kappa shape index (κ2) is 5.61. The molecular weight excluding hydrogens is 245 g/mol. The zero-order valence-electron chi connectivity index (χ0n) is 10.9. The van der Waals surface area contributed by atoms with Crippen molar-refractivity contribution in [2.75, 3.05) is 5.73 Å². The number of anilines is 1. The van der Waals surface area contributed by atoms with Crippen LogP contribution in [0.25, 0.3) is 0 Å². The van der Waals surface area contributed by atoms with Crippen molar-refractivity contribution in [2.24, 2.45) is 0 Å². The van der Waals surface area contributed by atoms with Gasteiger partial charge in [-0.3, -0.25) is 0 Å². The smallest absolute Gasteiger partial charge is 0.165 e.